The van der Waals surface area contributed by atoms with Crippen molar-refractivity contribution in [1.82, 2.24) is 9.88 Å². The summed E-state index contributed by atoms with van der Waals surface area (Å²) in [4.78, 5) is 0. The van der Waals surface area contributed by atoms with E-state index >= 15 is 0 Å². The number of hydrogen-bond acceptors (Lipinski definition) is 1. The molecule has 0 saturated heterocycles. The van der Waals surface area contributed by atoms with E-state index in [0.717, 1.165) is 10.9 Å². The minimum atomic E-state index is -4.18. The quantitative estimate of drug-likeness (QED) is 0.875. The summed E-state index contributed by atoms with van der Waals surface area (Å²) < 4.78 is 38.2. The van der Waals surface area contributed by atoms with Gasteiger partial charge in [0.1, 0.15) is 6.54 Å². The number of benzene rings is 1. The van der Waals surface area contributed by atoms with E-state index in [2.05, 4.69) is 5.32 Å². The van der Waals surface area contributed by atoms with E-state index in [1.807, 2.05) is 19.2 Å². The molecular weight excluding hydrogens is 229 g/mol. The minimum absolute atomic E-state index is 0.613. The summed E-state index contributed by atoms with van der Waals surface area (Å²) in [7, 11) is 1.83. The molecule has 17 heavy (non-hydrogen) atoms. The second kappa shape index (κ2) is 4.41. The van der Waals surface area contributed by atoms with Crippen molar-refractivity contribution in [1.29, 1.82) is 0 Å². The van der Waals surface area contributed by atoms with E-state index in [1.54, 1.807) is 12.1 Å². The molecular formula is C12H13F3N2. The van der Waals surface area contributed by atoms with Gasteiger partial charge >= 0.3 is 6.18 Å². The molecule has 92 valence electrons. The number of nitrogens with one attached hydrogen (secondary N) is 1. The zero-order valence-corrected chi connectivity index (χ0v) is 9.38. The first-order valence-corrected chi connectivity index (χ1v) is 5.29. The Morgan fingerprint density at radius 1 is 1.24 bits per heavy atom. The van der Waals surface area contributed by atoms with Crippen LogP contribution in [0.25, 0.3) is 10.9 Å². The van der Waals surface area contributed by atoms with Crippen LogP contribution in [0.15, 0.2) is 30.5 Å². The third kappa shape index (κ3) is 2.79. The maximum atomic E-state index is 12.3. The van der Waals surface area contributed by atoms with Gasteiger partial charge in [-0.05, 0) is 36.2 Å². The molecule has 0 fully saturated rings. The first-order valence-electron chi connectivity index (χ1n) is 5.29. The molecule has 1 heterocycles. The predicted octanol–water partition coefficient (Wildman–Crippen LogP) is 2.92. The molecule has 1 aromatic heterocycles. The Bertz CT molecular complexity index is 514. The molecule has 0 bridgehead atoms. The maximum Gasteiger partial charge on any atom is 0.406 e. The third-order valence-corrected chi connectivity index (χ3v) is 2.57. The van der Waals surface area contributed by atoms with Crippen molar-refractivity contribution in [2.24, 2.45) is 0 Å². The first-order chi connectivity index (χ1) is 7.99. The van der Waals surface area contributed by atoms with Gasteiger partial charge in [-0.25, -0.2) is 0 Å². The number of rotatable bonds is 3. The van der Waals surface area contributed by atoms with Crippen LogP contribution in [-0.2, 0) is 13.1 Å². The van der Waals surface area contributed by atoms with Gasteiger partial charge in [0.2, 0.25) is 0 Å². The maximum absolute atomic E-state index is 12.3. The monoisotopic (exact) mass is 242 g/mol. The molecule has 0 aliphatic rings. The van der Waals surface area contributed by atoms with Crippen LogP contribution in [0.3, 0.4) is 0 Å². The van der Waals surface area contributed by atoms with E-state index in [9.17, 15) is 13.2 Å². The molecule has 0 radical (unpaired) electrons. The highest BCUT2D eigenvalue weighted by atomic mass is 19.4. The van der Waals surface area contributed by atoms with Gasteiger partial charge < -0.3 is 9.88 Å². The third-order valence-electron chi connectivity index (χ3n) is 2.57. The van der Waals surface area contributed by atoms with Crippen molar-refractivity contribution >= 4 is 10.9 Å². The van der Waals surface area contributed by atoms with Crippen LogP contribution in [0.2, 0.25) is 0 Å². The van der Waals surface area contributed by atoms with Gasteiger partial charge in [-0.1, -0.05) is 6.07 Å². The molecule has 2 nitrogen and oxygen atoms in total. The lowest BCUT2D eigenvalue weighted by Gasteiger charge is -2.09. The van der Waals surface area contributed by atoms with Crippen molar-refractivity contribution in [2.75, 3.05) is 7.05 Å². The normalized spacial score (nSPS) is 12.2. The van der Waals surface area contributed by atoms with E-state index in [-0.39, 0.29) is 0 Å². The Morgan fingerprint density at radius 3 is 2.65 bits per heavy atom. The highest BCUT2D eigenvalue weighted by molar-refractivity contribution is 5.80. The van der Waals surface area contributed by atoms with Crippen LogP contribution in [0.4, 0.5) is 13.2 Å². The summed E-state index contributed by atoms with van der Waals surface area (Å²) in [5, 5.41) is 3.84. The second-order valence-corrected chi connectivity index (χ2v) is 3.98. The Kier molecular flexibility index (Phi) is 3.11. The Hall–Kier alpha value is -1.49. The molecule has 0 atom stereocenters. The molecule has 0 saturated carbocycles. The van der Waals surface area contributed by atoms with Gasteiger partial charge in [-0.3, -0.25) is 0 Å². The number of nitrogens with zero attached hydrogens (tertiary/aromatic N) is 1. The lowest BCUT2D eigenvalue weighted by Crippen LogP contribution is -2.16. The largest absolute Gasteiger partial charge is 0.406 e. The topological polar surface area (TPSA) is 17.0 Å². The number of halogens is 3. The van der Waals surface area contributed by atoms with Crippen LogP contribution in [0.1, 0.15) is 5.56 Å². The van der Waals surface area contributed by atoms with Crippen molar-refractivity contribution in [3.63, 3.8) is 0 Å². The van der Waals surface area contributed by atoms with Gasteiger partial charge in [0, 0.05) is 18.3 Å². The van der Waals surface area contributed by atoms with Crippen LogP contribution in [0, 0.1) is 0 Å². The Labute approximate surface area is 97.0 Å². The molecule has 5 heteroatoms. The minimum Gasteiger partial charge on any atom is -0.338 e. The molecule has 1 aromatic carbocycles. The van der Waals surface area contributed by atoms with Gasteiger partial charge in [0.15, 0.2) is 0 Å². The summed E-state index contributed by atoms with van der Waals surface area (Å²) in [5.74, 6) is 0. The van der Waals surface area contributed by atoms with Crippen molar-refractivity contribution in [2.45, 2.75) is 19.3 Å². The van der Waals surface area contributed by atoms with Crippen molar-refractivity contribution < 1.29 is 13.2 Å². The molecule has 0 spiro atoms. The molecule has 0 aliphatic carbocycles. The van der Waals surface area contributed by atoms with Crippen molar-refractivity contribution in [3.05, 3.63) is 36.0 Å². The van der Waals surface area contributed by atoms with Crippen LogP contribution in [0.5, 0.6) is 0 Å². The molecule has 0 aliphatic heterocycles. The summed E-state index contributed by atoms with van der Waals surface area (Å²) >= 11 is 0. The summed E-state index contributed by atoms with van der Waals surface area (Å²) in [6.07, 6.45) is -2.71. The average molecular weight is 242 g/mol. The van der Waals surface area contributed by atoms with Crippen LogP contribution < -0.4 is 5.32 Å². The Balaban J connectivity index is 2.35. The molecule has 2 rings (SSSR count). The zero-order valence-electron chi connectivity index (χ0n) is 9.38. The van der Waals surface area contributed by atoms with Crippen LogP contribution in [-0.4, -0.2) is 17.8 Å². The fourth-order valence-corrected chi connectivity index (χ4v) is 1.89. The summed E-state index contributed by atoms with van der Waals surface area (Å²) in [5.41, 5.74) is 1.67. The van der Waals surface area contributed by atoms with Gasteiger partial charge in [0.25, 0.3) is 0 Å². The molecule has 1 N–H and O–H groups in total. The lowest BCUT2D eigenvalue weighted by molar-refractivity contribution is -0.139. The van der Waals surface area contributed by atoms with E-state index in [1.165, 1.54) is 10.8 Å². The fraction of sp³-hybridized carbons (Fsp3) is 0.333. The molecule has 2 aromatic rings. The number of aromatic nitrogens is 1. The first kappa shape index (κ1) is 12.0. The predicted molar refractivity (Wildman–Crippen MR) is 60.8 cm³/mol. The highest BCUT2D eigenvalue weighted by Gasteiger charge is 2.28. The SMILES string of the molecule is CNCc1ccc2c(ccn2CC(F)(F)F)c1. The Morgan fingerprint density at radius 2 is 2.00 bits per heavy atom. The van der Waals surface area contributed by atoms with E-state index in [4.69, 9.17) is 0 Å². The zero-order chi connectivity index (χ0) is 12.5. The van der Waals surface area contributed by atoms with Gasteiger partial charge in [-0.2, -0.15) is 13.2 Å². The second-order valence-electron chi connectivity index (χ2n) is 3.98. The standard InChI is InChI=1S/C12H13F3N2/c1-16-7-9-2-3-11-10(6-9)4-5-17(11)8-12(13,14)15/h2-6,16H,7-8H2,1H3. The summed E-state index contributed by atoms with van der Waals surface area (Å²) in [6, 6.07) is 7.18. The van der Waals surface area contributed by atoms with E-state index < -0.39 is 12.7 Å². The highest BCUT2D eigenvalue weighted by Crippen LogP contribution is 2.23. The van der Waals surface area contributed by atoms with Gasteiger partial charge in [-0.15, -0.1) is 0 Å². The molecule has 0 unspecified atom stereocenters. The molecule has 0 amide bonds. The smallest absolute Gasteiger partial charge is 0.338 e. The lowest BCUT2D eigenvalue weighted by atomic mass is 10.1. The number of hydrogen-bond donors (Lipinski definition) is 1. The van der Waals surface area contributed by atoms with E-state index in [0.29, 0.717) is 12.1 Å². The number of fused-ring (bicyclic) bond motifs is 1. The van der Waals surface area contributed by atoms with Gasteiger partial charge in [0.05, 0.1) is 0 Å². The van der Waals surface area contributed by atoms with Crippen molar-refractivity contribution in [3.8, 4) is 0 Å². The number of alkyl halides is 3. The fourth-order valence-electron chi connectivity index (χ4n) is 1.89. The van der Waals surface area contributed by atoms with Crippen LogP contribution >= 0.6 is 0 Å². The summed E-state index contributed by atoms with van der Waals surface area (Å²) in [6.45, 7) is -0.234. The average Bonchev–Trinajstić information content (AvgIpc) is 2.59.